The van der Waals surface area contributed by atoms with Crippen molar-refractivity contribution < 1.29 is 92.5 Å². The van der Waals surface area contributed by atoms with Crippen LogP contribution < -0.4 is 35.7 Å². The first-order valence-corrected chi connectivity index (χ1v) is 17.9. The fourth-order valence-corrected chi connectivity index (χ4v) is 6.98. The number of aldehydes is 1. The van der Waals surface area contributed by atoms with Gasteiger partial charge >= 0.3 is 60.2 Å². The van der Waals surface area contributed by atoms with Crippen LogP contribution in [0.4, 0.5) is 39.5 Å². The monoisotopic (exact) mass is 943 g/mol. The van der Waals surface area contributed by atoms with Crippen molar-refractivity contribution in [3.63, 3.8) is 0 Å². The second kappa shape index (κ2) is 19.5. The van der Waals surface area contributed by atoms with Crippen LogP contribution in [0.15, 0.2) is 100 Å². The molecule has 0 aliphatic carbocycles. The van der Waals surface area contributed by atoms with E-state index in [-0.39, 0.29) is 96.7 Å². The number of ether oxygens (including phenoxy) is 1. The Morgan fingerprint density at radius 1 is 0.636 bits per heavy atom. The van der Waals surface area contributed by atoms with Gasteiger partial charge in [0.05, 0.1) is 68.4 Å². The molecule has 0 aliphatic rings. The molecule has 0 fully saturated rings. The van der Waals surface area contributed by atoms with E-state index in [0.717, 1.165) is 0 Å². The topological polar surface area (TPSA) is 202 Å². The maximum absolute atomic E-state index is 13.4. The van der Waals surface area contributed by atoms with Crippen LogP contribution in [0.2, 0.25) is 0 Å². The van der Waals surface area contributed by atoms with E-state index >= 15 is 0 Å². The van der Waals surface area contributed by atoms with Crippen molar-refractivity contribution in [1.82, 2.24) is 15.0 Å². The molecule has 0 spiro atoms. The van der Waals surface area contributed by atoms with Crippen molar-refractivity contribution in [3.8, 4) is 0 Å². The second-order valence-electron chi connectivity index (χ2n) is 13.2. The number of carbonyl (C=O) groups is 2. The third-order valence-electron chi connectivity index (χ3n) is 9.40. The summed E-state index contributed by atoms with van der Waals surface area (Å²) in [6.07, 6.45) is -14.5. The molecule has 4 N–H and O–H groups in total. The number of H-pyrrole nitrogens is 3. The minimum atomic E-state index is -4.92. The molecule has 0 aliphatic heterocycles. The first kappa shape index (κ1) is 52.1. The van der Waals surface area contributed by atoms with Crippen LogP contribution in [-0.2, 0) is 29.9 Å². The number of alkyl halides is 9. The van der Waals surface area contributed by atoms with Gasteiger partial charge in [-0.2, -0.15) is 39.5 Å². The van der Waals surface area contributed by atoms with E-state index in [0.29, 0.717) is 10.8 Å². The Morgan fingerprint density at radius 2 is 1.00 bits per heavy atom. The number of aliphatic hydroxyl groups is 1. The third-order valence-corrected chi connectivity index (χ3v) is 9.40. The minimum absolute atomic E-state index is 0. The minimum Gasteiger partial charge on any atom is -1.00 e. The van der Waals surface area contributed by atoms with Gasteiger partial charge in [-0.15, -0.1) is 0 Å². The van der Waals surface area contributed by atoms with Gasteiger partial charge in [-0.25, -0.2) is 19.2 Å². The number of aromatic amines is 3. The largest absolute Gasteiger partial charge is 1.00 e. The number of aliphatic hydroxyl groups excluding tert-OH is 1. The Kier molecular flexibility index (Phi) is 15.4. The number of hydrogen-bond donors (Lipinski definition) is 4. The molecule has 9 aromatic rings. The number of rotatable bonds is 4. The molecule has 3 aromatic carbocycles. The number of para-hydroxylation sites is 3. The van der Waals surface area contributed by atoms with Crippen LogP contribution in [0.1, 0.15) is 59.1 Å². The van der Waals surface area contributed by atoms with Gasteiger partial charge in [0.1, 0.15) is 28.0 Å². The fraction of sp³-hybridized carbons (Fsp3) is 0.167. The molecule has 342 valence electrons. The zero-order valence-electron chi connectivity index (χ0n) is 33.4. The average Bonchev–Trinajstić information content (AvgIpc) is 3.95. The Balaban J connectivity index is 0.000000260. The quantitative estimate of drug-likeness (QED) is 0.0539. The Labute approximate surface area is 385 Å². The van der Waals surface area contributed by atoms with E-state index in [1.807, 2.05) is 0 Å². The first-order valence-electron chi connectivity index (χ1n) is 17.9. The van der Waals surface area contributed by atoms with Crippen molar-refractivity contribution >= 4 is 95.2 Å². The van der Waals surface area contributed by atoms with Crippen LogP contribution >= 0.6 is 0 Å². The van der Waals surface area contributed by atoms with Gasteiger partial charge in [0, 0.05) is 16.2 Å². The fourth-order valence-electron chi connectivity index (χ4n) is 6.98. The predicted molar refractivity (Wildman–Crippen MR) is 223 cm³/mol. The summed E-state index contributed by atoms with van der Waals surface area (Å²) in [5.74, 6) is -1.18. The van der Waals surface area contributed by atoms with Gasteiger partial charge in [-0.3, -0.25) is 4.79 Å². The van der Waals surface area contributed by atoms with Crippen molar-refractivity contribution in [2.45, 2.75) is 39.5 Å². The van der Waals surface area contributed by atoms with E-state index in [2.05, 4.69) is 19.7 Å². The number of aromatic nitrogens is 3. The van der Waals surface area contributed by atoms with Gasteiger partial charge in [0.2, 0.25) is 0 Å². The Hall–Kier alpha value is -6.49. The van der Waals surface area contributed by atoms with Gasteiger partial charge in [-0.05, 0) is 43.3 Å². The Morgan fingerprint density at radius 3 is 1.38 bits per heavy atom. The van der Waals surface area contributed by atoms with Crippen LogP contribution in [0.5, 0.6) is 0 Å². The number of carbonyl (C=O) groups excluding carboxylic acids is 2. The van der Waals surface area contributed by atoms with Crippen molar-refractivity contribution in [3.05, 3.63) is 138 Å². The number of nitrogens with one attached hydrogen (secondary N) is 3. The van der Waals surface area contributed by atoms with Crippen LogP contribution in [0.3, 0.4) is 0 Å². The summed E-state index contributed by atoms with van der Waals surface area (Å²) in [6.45, 7) is 0.524. The van der Waals surface area contributed by atoms with E-state index < -0.39 is 97.9 Å². The summed E-state index contributed by atoms with van der Waals surface area (Å²) in [5, 5.41) is 8.06. The van der Waals surface area contributed by atoms with Crippen molar-refractivity contribution in [1.29, 1.82) is 0 Å². The van der Waals surface area contributed by atoms with Crippen molar-refractivity contribution in [2.24, 2.45) is 0 Å². The Bertz CT molecular complexity index is 3460. The third kappa shape index (κ3) is 9.44. The molecule has 9 rings (SSSR count). The van der Waals surface area contributed by atoms with Gasteiger partial charge in [-0.1, -0.05) is 43.8 Å². The van der Waals surface area contributed by atoms with Crippen LogP contribution in [-0.4, -0.2) is 56.3 Å². The maximum Gasteiger partial charge on any atom is 1.00 e. The van der Waals surface area contributed by atoms with Crippen LogP contribution in [0.25, 0.3) is 65.6 Å². The zero-order chi connectivity index (χ0) is 45.8. The van der Waals surface area contributed by atoms with E-state index in [9.17, 15) is 63.5 Å². The molecule has 0 saturated carbocycles. The normalized spacial score (nSPS) is 11.6. The number of hydrogen-bond acceptors (Lipinski definition) is 10. The molecule has 13 nitrogen and oxygen atoms in total. The summed E-state index contributed by atoms with van der Waals surface area (Å²) >= 11 is 0. The molecule has 0 unspecified atom stereocenters. The summed E-state index contributed by atoms with van der Waals surface area (Å²) in [7, 11) is 0. The van der Waals surface area contributed by atoms with Gasteiger partial charge in [0.15, 0.2) is 23.6 Å². The van der Waals surface area contributed by atoms with Crippen molar-refractivity contribution in [2.75, 3.05) is 6.61 Å². The summed E-state index contributed by atoms with van der Waals surface area (Å²) in [4.78, 5) is 65.5. The molecule has 6 heterocycles. The molecule has 0 radical (unpaired) electrons. The standard InChI is InChI=1S/C15H10F3NO4.C13H8F3NO3.C13H6F3NO3.CH4.Al.Li.4H/c1-2-22-14(21)12-10(15(16,17)18)9-11(19-12)7-5-3-4-6-8(7)23-13(9)20;2*14-13(15,16)10-7(5-18)17-11-6-3-1-2-4-8(6)20-12(19)9(10)11;;;;;;;/h3-6,19H,2H2,1H3;1-4,17-18H,5H2;1-5,17H;1H4;;;;;;/q;;;;;+1;;;;-1. The molecule has 0 amide bonds. The summed E-state index contributed by atoms with van der Waals surface area (Å²) in [6, 6.07) is 18.5. The summed E-state index contributed by atoms with van der Waals surface area (Å²) in [5.41, 5.74) is -8.83. The van der Waals surface area contributed by atoms with E-state index in [4.69, 9.17) is 18.4 Å². The van der Waals surface area contributed by atoms with Gasteiger partial charge in [0.25, 0.3) is 0 Å². The molecule has 0 atom stereocenters. The average molecular weight is 944 g/mol. The first-order chi connectivity index (χ1) is 29.7. The summed E-state index contributed by atoms with van der Waals surface area (Å²) < 4.78 is 138. The molecule has 6 aromatic heterocycles. The molecule has 66 heavy (non-hydrogen) atoms. The predicted octanol–water partition coefficient (Wildman–Crippen LogP) is 5.93. The molecular formula is C42H32AlF9LiN3O10. The zero-order valence-corrected chi connectivity index (χ0v) is 32.4. The molecular weight excluding hydrogens is 911 g/mol. The number of halogens is 9. The SMILES string of the molecule is C.CCOC(=O)c1[nH]c2c(c1C(F)(F)F)c(=O)oc1ccccc12.O=Cc1[nH]c2c(c1C(F)(F)F)c(=O)oc1ccccc12.O=c1oc2ccccc2c2[nH]c(CO)c(C(F)(F)F)c12.[AlH3].[H-].[Li+]. The maximum atomic E-state index is 13.4. The second-order valence-corrected chi connectivity index (χ2v) is 13.2. The number of benzene rings is 3. The van der Waals surface area contributed by atoms with Crippen LogP contribution in [0, 0.1) is 0 Å². The molecule has 0 saturated heterocycles. The smallest absolute Gasteiger partial charge is 1.00 e. The molecule has 0 bridgehead atoms. The van der Waals surface area contributed by atoms with Gasteiger partial charge < -0.3 is 39.5 Å². The number of fused-ring (bicyclic) bond motifs is 9. The molecule has 24 heteroatoms. The van der Waals surface area contributed by atoms with E-state index in [1.54, 1.807) is 42.5 Å². The number of esters is 1. The van der Waals surface area contributed by atoms with E-state index in [1.165, 1.54) is 37.3 Å².